The number of piperazine rings is 1. The Morgan fingerprint density at radius 2 is 1.83 bits per heavy atom. The van der Waals surface area contributed by atoms with Crippen LogP contribution in [0.5, 0.6) is 0 Å². The molecule has 2 rings (SSSR count). The fraction of sp³-hybridized carbons (Fsp3) is 0.600. The van der Waals surface area contributed by atoms with Crippen molar-refractivity contribution >= 4 is 28.4 Å². The summed E-state index contributed by atoms with van der Waals surface area (Å²) in [6.07, 6.45) is -2.65. The van der Waals surface area contributed by atoms with E-state index in [1.807, 2.05) is 11.0 Å². The van der Waals surface area contributed by atoms with E-state index in [1.165, 1.54) is 11.2 Å². The summed E-state index contributed by atoms with van der Waals surface area (Å²) >= 11 is 2.09. The van der Waals surface area contributed by atoms with Crippen LogP contribution in [0.25, 0.3) is 0 Å². The smallest absolute Gasteiger partial charge is 0.354 e. The fourth-order valence-electron chi connectivity index (χ4n) is 1.89. The Hall–Kier alpha value is -0.640. The maximum atomic E-state index is 12.2. The highest BCUT2D eigenvalue weighted by Gasteiger charge is 2.32. The number of hydrogen-bond donors (Lipinski definition) is 0. The molecule has 1 fully saturated rings. The van der Waals surface area contributed by atoms with Crippen molar-refractivity contribution in [2.45, 2.75) is 6.18 Å². The van der Waals surface area contributed by atoms with Crippen LogP contribution in [0.1, 0.15) is 0 Å². The Morgan fingerprint density at radius 3 is 2.39 bits per heavy atom. The highest BCUT2D eigenvalue weighted by atomic mass is 127. The maximum Gasteiger partial charge on any atom is 0.401 e. The SMILES string of the molecule is FC(F)(F)CN1CCN(c2cc(I)ncn2)CC1. The van der Waals surface area contributed by atoms with Crippen molar-refractivity contribution in [1.29, 1.82) is 0 Å². The number of rotatable bonds is 2. The van der Waals surface area contributed by atoms with Crippen molar-refractivity contribution in [2.24, 2.45) is 0 Å². The molecule has 0 N–H and O–H groups in total. The van der Waals surface area contributed by atoms with Gasteiger partial charge in [0.05, 0.1) is 6.54 Å². The van der Waals surface area contributed by atoms with Gasteiger partial charge in [-0.1, -0.05) is 0 Å². The van der Waals surface area contributed by atoms with Crippen molar-refractivity contribution in [3.05, 3.63) is 16.1 Å². The Morgan fingerprint density at radius 1 is 1.17 bits per heavy atom. The van der Waals surface area contributed by atoms with Crippen LogP contribution < -0.4 is 4.90 Å². The van der Waals surface area contributed by atoms with E-state index in [0.717, 1.165) is 9.52 Å². The van der Waals surface area contributed by atoms with Crippen molar-refractivity contribution in [3.63, 3.8) is 0 Å². The molecule has 8 heteroatoms. The number of hydrogen-bond acceptors (Lipinski definition) is 4. The molecular formula is C10H12F3IN4. The number of anilines is 1. The van der Waals surface area contributed by atoms with Gasteiger partial charge in [0.25, 0.3) is 0 Å². The third kappa shape index (κ3) is 3.94. The van der Waals surface area contributed by atoms with Crippen molar-refractivity contribution in [3.8, 4) is 0 Å². The van der Waals surface area contributed by atoms with E-state index in [4.69, 9.17) is 0 Å². The lowest BCUT2D eigenvalue weighted by molar-refractivity contribution is -0.146. The second-order valence-electron chi connectivity index (χ2n) is 4.08. The quantitative estimate of drug-likeness (QED) is 0.585. The Balaban J connectivity index is 1.91. The summed E-state index contributed by atoms with van der Waals surface area (Å²) in [5, 5.41) is 0. The van der Waals surface area contributed by atoms with Gasteiger partial charge in [-0.3, -0.25) is 4.90 Å². The zero-order valence-electron chi connectivity index (χ0n) is 9.49. The minimum Gasteiger partial charge on any atom is -0.354 e. The molecule has 1 aromatic rings. The number of aromatic nitrogens is 2. The van der Waals surface area contributed by atoms with Crippen molar-refractivity contribution in [2.75, 3.05) is 37.6 Å². The second-order valence-corrected chi connectivity index (χ2v) is 5.18. The lowest BCUT2D eigenvalue weighted by Crippen LogP contribution is -2.49. The third-order valence-electron chi connectivity index (χ3n) is 2.72. The van der Waals surface area contributed by atoms with Gasteiger partial charge in [0.2, 0.25) is 0 Å². The molecule has 0 amide bonds. The molecule has 100 valence electrons. The predicted molar refractivity (Wildman–Crippen MR) is 69.5 cm³/mol. The molecule has 1 aliphatic rings. The first-order valence-electron chi connectivity index (χ1n) is 5.46. The summed E-state index contributed by atoms with van der Waals surface area (Å²) in [5.41, 5.74) is 0. The van der Waals surface area contributed by atoms with Gasteiger partial charge in [-0.25, -0.2) is 9.97 Å². The zero-order chi connectivity index (χ0) is 13.2. The highest BCUT2D eigenvalue weighted by molar-refractivity contribution is 14.1. The summed E-state index contributed by atoms with van der Waals surface area (Å²) in [4.78, 5) is 11.5. The van der Waals surface area contributed by atoms with E-state index in [0.29, 0.717) is 26.2 Å². The van der Waals surface area contributed by atoms with E-state index in [-0.39, 0.29) is 0 Å². The molecule has 0 unspecified atom stereocenters. The normalized spacial score (nSPS) is 18.1. The fourth-order valence-corrected chi connectivity index (χ4v) is 2.29. The minimum absolute atomic E-state index is 0.403. The summed E-state index contributed by atoms with van der Waals surface area (Å²) in [6.45, 7) is 1.09. The van der Waals surface area contributed by atoms with Crippen LogP contribution in [0.15, 0.2) is 12.4 Å². The van der Waals surface area contributed by atoms with Gasteiger partial charge < -0.3 is 4.90 Å². The average molecular weight is 372 g/mol. The van der Waals surface area contributed by atoms with Crippen LogP contribution in [0.4, 0.5) is 19.0 Å². The van der Waals surface area contributed by atoms with E-state index >= 15 is 0 Å². The number of halogens is 4. The van der Waals surface area contributed by atoms with Gasteiger partial charge in [-0.2, -0.15) is 13.2 Å². The van der Waals surface area contributed by atoms with Crippen molar-refractivity contribution in [1.82, 2.24) is 14.9 Å². The molecule has 1 saturated heterocycles. The zero-order valence-corrected chi connectivity index (χ0v) is 11.6. The van der Waals surface area contributed by atoms with E-state index in [1.54, 1.807) is 0 Å². The molecular weight excluding hydrogens is 360 g/mol. The molecule has 0 atom stereocenters. The largest absolute Gasteiger partial charge is 0.401 e. The van der Waals surface area contributed by atoms with Crippen LogP contribution in [0.3, 0.4) is 0 Å². The standard InChI is InChI=1S/C10H12F3IN4/c11-10(12,13)6-17-1-3-18(4-2-17)9-5-8(14)15-7-16-9/h5,7H,1-4,6H2. The number of nitrogens with zero attached hydrogens (tertiary/aromatic N) is 4. The minimum atomic E-state index is -4.12. The van der Waals surface area contributed by atoms with Gasteiger partial charge in [-0.05, 0) is 22.6 Å². The molecule has 0 saturated carbocycles. The van der Waals surface area contributed by atoms with Crippen molar-refractivity contribution < 1.29 is 13.2 Å². The topological polar surface area (TPSA) is 32.3 Å². The molecule has 4 nitrogen and oxygen atoms in total. The molecule has 0 aromatic carbocycles. The summed E-state index contributed by atoms with van der Waals surface area (Å²) in [6, 6.07) is 1.83. The summed E-state index contributed by atoms with van der Waals surface area (Å²) < 4.78 is 37.5. The predicted octanol–water partition coefficient (Wildman–Crippen LogP) is 1.77. The van der Waals surface area contributed by atoms with Gasteiger partial charge in [0.1, 0.15) is 15.8 Å². The van der Waals surface area contributed by atoms with Crippen LogP contribution in [0, 0.1) is 3.70 Å². The Kier molecular flexibility index (Phi) is 4.25. The van der Waals surface area contributed by atoms with E-state index < -0.39 is 12.7 Å². The van der Waals surface area contributed by atoms with Crippen LogP contribution in [0.2, 0.25) is 0 Å². The molecule has 0 aliphatic carbocycles. The summed E-state index contributed by atoms with van der Waals surface area (Å²) in [7, 11) is 0. The first-order valence-corrected chi connectivity index (χ1v) is 6.53. The molecule has 2 heterocycles. The van der Waals surface area contributed by atoms with Gasteiger partial charge in [0.15, 0.2) is 0 Å². The van der Waals surface area contributed by atoms with Crippen LogP contribution >= 0.6 is 22.6 Å². The molecule has 1 aromatic heterocycles. The second kappa shape index (κ2) is 5.55. The monoisotopic (exact) mass is 372 g/mol. The van der Waals surface area contributed by atoms with E-state index in [2.05, 4.69) is 32.6 Å². The molecule has 0 radical (unpaired) electrons. The lowest BCUT2D eigenvalue weighted by atomic mass is 10.3. The molecule has 0 bridgehead atoms. The number of alkyl halides is 3. The first kappa shape index (κ1) is 13.8. The van der Waals surface area contributed by atoms with Crippen LogP contribution in [-0.4, -0.2) is 53.8 Å². The Bertz CT molecular complexity index is 404. The molecule has 1 aliphatic heterocycles. The highest BCUT2D eigenvalue weighted by Crippen LogP contribution is 2.19. The van der Waals surface area contributed by atoms with Crippen LogP contribution in [-0.2, 0) is 0 Å². The van der Waals surface area contributed by atoms with E-state index in [9.17, 15) is 13.2 Å². The summed E-state index contributed by atoms with van der Waals surface area (Å²) in [5.74, 6) is 0.779. The molecule has 18 heavy (non-hydrogen) atoms. The molecule has 0 spiro atoms. The Labute approximate surface area is 116 Å². The van der Waals surface area contributed by atoms with Gasteiger partial charge >= 0.3 is 6.18 Å². The first-order chi connectivity index (χ1) is 8.44. The van der Waals surface area contributed by atoms with Gasteiger partial charge in [-0.15, -0.1) is 0 Å². The third-order valence-corrected chi connectivity index (χ3v) is 3.31. The lowest BCUT2D eigenvalue weighted by Gasteiger charge is -2.35. The maximum absolute atomic E-state index is 12.2. The van der Waals surface area contributed by atoms with Gasteiger partial charge in [0, 0.05) is 32.2 Å². The average Bonchev–Trinajstić information content (AvgIpc) is 2.28.